The number of thioether (sulfide) groups is 1. The maximum Gasteiger partial charge on any atom is 0.151 e. The van der Waals surface area contributed by atoms with Gasteiger partial charge >= 0.3 is 0 Å². The number of ketones is 1. The Balaban J connectivity index is 1.93. The first-order valence-electron chi connectivity index (χ1n) is 5.50. The number of carbonyl (C=O) groups is 1. The van der Waals surface area contributed by atoms with E-state index in [1.54, 1.807) is 6.20 Å². The van der Waals surface area contributed by atoms with Crippen molar-refractivity contribution in [1.82, 2.24) is 4.98 Å². The van der Waals surface area contributed by atoms with Gasteiger partial charge in [0.05, 0.1) is 5.25 Å². The van der Waals surface area contributed by atoms with Crippen molar-refractivity contribution in [3.63, 3.8) is 0 Å². The van der Waals surface area contributed by atoms with Crippen LogP contribution in [0.2, 0.25) is 0 Å². The van der Waals surface area contributed by atoms with E-state index in [0.717, 1.165) is 22.3 Å². The molecule has 0 bridgehead atoms. The molecule has 0 saturated carbocycles. The first kappa shape index (κ1) is 12.1. The Bertz CT molecular complexity index is 360. The van der Waals surface area contributed by atoms with Crippen LogP contribution in [0.4, 0.5) is 0 Å². The van der Waals surface area contributed by atoms with E-state index in [2.05, 4.69) is 20.9 Å². The number of carbonyl (C=O) groups excluding carboxylic acids is 1. The quantitative estimate of drug-likeness (QED) is 0.858. The largest absolute Gasteiger partial charge is 0.298 e. The predicted molar refractivity (Wildman–Crippen MR) is 70.7 cm³/mol. The number of Topliss-reactive ketones (excluding diaryl/α,β-unsaturated/α-hetero) is 1. The minimum Gasteiger partial charge on any atom is -0.298 e. The van der Waals surface area contributed by atoms with Crippen LogP contribution in [0.25, 0.3) is 0 Å². The zero-order valence-electron chi connectivity index (χ0n) is 8.99. The zero-order valence-corrected chi connectivity index (χ0v) is 11.4. The number of hydrogen-bond donors (Lipinski definition) is 0. The van der Waals surface area contributed by atoms with E-state index in [1.165, 1.54) is 12.8 Å². The van der Waals surface area contributed by atoms with E-state index >= 15 is 0 Å². The first-order valence-corrected chi connectivity index (χ1v) is 7.34. The highest BCUT2D eigenvalue weighted by Gasteiger charge is 2.21. The molecular weight excluding hydrogens is 286 g/mol. The molecular formula is C12H14BrNOS. The Morgan fingerprint density at radius 1 is 1.50 bits per heavy atom. The second-order valence-electron chi connectivity index (χ2n) is 3.97. The van der Waals surface area contributed by atoms with Crippen LogP contribution < -0.4 is 0 Å². The lowest BCUT2D eigenvalue weighted by atomic mass is 10.1. The molecule has 4 heteroatoms. The van der Waals surface area contributed by atoms with Crippen molar-refractivity contribution in [2.75, 3.05) is 5.75 Å². The molecule has 2 nitrogen and oxygen atoms in total. The van der Waals surface area contributed by atoms with Crippen molar-refractivity contribution in [2.45, 2.75) is 30.9 Å². The van der Waals surface area contributed by atoms with Crippen molar-refractivity contribution < 1.29 is 4.79 Å². The maximum absolute atomic E-state index is 12.0. The summed E-state index contributed by atoms with van der Waals surface area (Å²) in [6.07, 6.45) is 5.71. The molecule has 0 spiro atoms. The minimum atomic E-state index is 0.208. The van der Waals surface area contributed by atoms with Gasteiger partial charge in [0.15, 0.2) is 5.78 Å². The van der Waals surface area contributed by atoms with Gasteiger partial charge in [0, 0.05) is 22.8 Å². The topological polar surface area (TPSA) is 30.0 Å². The molecule has 0 aromatic carbocycles. The third-order valence-electron chi connectivity index (χ3n) is 2.68. The molecule has 0 radical (unpaired) electrons. The fraction of sp³-hybridized carbons (Fsp3) is 0.500. The van der Waals surface area contributed by atoms with Crippen LogP contribution in [-0.2, 0) is 11.2 Å². The molecule has 0 aliphatic carbocycles. The Hall–Kier alpha value is -0.350. The summed E-state index contributed by atoms with van der Waals surface area (Å²) in [4.78, 5) is 16.2. The molecule has 0 amide bonds. The molecule has 1 aromatic rings. The number of halogens is 1. The minimum absolute atomic E-state index is 0.208. The van der Waals surface area contributed by atoms with Gasteiger partial charge in [-0.15, -0.1) is 0 Å². The van der Waals surface area contributed by atoms with Gasteiger partial charge in [0.1, 0.15) is 0 Å². The SMILES string of the molecule is O=C(Cc1ccc(Br)cn1)C1CCCCS1. The van der Waals surface area contributed by atoms with E-state index in [-0.39, 0.29) is 5.25 Å². The molecule has 1 atom stereocenters. The third kappa shape index (κ3) is 3.32. The molecule has 2 heterocycles. The normalized spacial score (nSPS) is 20.7. The first-order chi connectivity index (χ1) is 7.75. The van der Waals surface area contributed by atoms with Crippen LogP contribution >= 0.6 is 27.7 Å². The Morgan fingerprint density at radius 2 is 2.38 bits per heavy atom. The molecule has 1 aromatic heterocycles. The summed E-state index contributed by atoms with van der Waals surface area (Å²) >= 11 is 5.14. The molecule has 1 fully saturated rings. The van der Waals surface area contributed by atoms with Crippen LogP contribution in [0.5, 0.6) is 0 Å². The fourth-order valence-corrected chi connectivity index (χ4v) is 3.29. The molecule has 2 rings (SSSR count). The molecule has 16 heavy (non-hydrogen) atoms. The van der Waals surface area contributed by atoms with Crippen LogP contribution in [0.15, 0.2) is 22.8 Å². The summed E-state index contributed by atoms with van der Waals surface area (Å²) in [6.45, 7) is 0. The van der Waals surface area contributed by atoms with Gasteiger partial charge in [-0.05, 0) is 46.7 Å². The number of nitrogens with zero attached hydrogens (tertiary/aromatic N) is 1. The van der Waals surface area contributed by atoms with Gasteiger partial charge in [0.25, 0.3) is 0 Å². The average molecular weight is 300 g/mol. The Morgan fingerprint density at radius 3 is 3.00 bits per heavy atom. The highest BCUT2D eigenvalue weighted by Crippen LogP contribution is 2.26. The van der Waals surface area contributed by atoms with Gasteiger partial charge in [0.2, 0.25) is 0 Å². The lowest BCUT2D eigenvalue weighted by Gasteiger charge is -2.19. The summed E-state index contributed by atoms with van der Waals surface area (Å²) in [5, 5.41) is 0.208. The second-order valence-corrected chi connectivity index (χ2v) is 6.19. The number of aromatic nitrogens is 1. The summed E-state index contributed by atoms with van der Waals surface area (Å²) in [5.41, 5.74) is 0.874. The number of hydrogen-bond acceptors (Lipinski definition) is 3. The highest BCUT2D eigenvalue weighted by atomic mass is 79.9. The highest BCUT2D eigenvalue weighted by molar-refractivity contribution is 9.10. The van der Waals surface area contributed by atoms with Crippen LogP contribution in [0.3, 0.4) is 0 Å². The van der Waals surface area contributed by atoms with Gasteiger partial charge < -0.3 is 0 Å². The van der Waals surface area contributed by atoms with Crippen LogP contribution in [0.1, 0.15) is 25.0 Å². The van der Waals surface area contributed by atoms with Gasteiger partial charge in [-0.1, -0.05) is 6.42 Å². The standard InChI is InChI=1S/C12H14BrNOS/c13-9-4-5-10(14-8-9)7-11(15)12-3-1-2-6-16-12/h4-5,8,12H,1-3,6-7H2. The number of pyridine rings is 1. The molecule has 1 aliphatic heterocycles. The average Bonchev–Trinajstić information content (AvgIpc) is 2.33. The summed E-state index contributed by atoms with van der Waals surface area (Å²) in [7, 11) is 0. The van der Waals surface area contributed by atoms with Crippen molar-refractivity contribution in [3.05, 3.63) is 28.5 Å². The van der Waals surface area contributed by atoms with Gasteiger partial charge in [-0.3, -0.25) is 9.78 Å². The van der Waals surface area contributed by atoms with E-state index in [4.69, 9.17) is 0 Å². The van der Waals surface area contributed by atoms with Crippen molar-refractivity contribution in [3.8, 4) is 0 Å². The molecule has 1 aliphatic rings. The second kappa shape index (κ2) is 5.82. The predicted octanol–water partition coefficient (Wildman–Crippen LogP) is 3.24. The number of rotatable bonds is 3. The van der Waals surface area contributed by atoms with Crippen molar-refractivity contribution >= 4 is 33.5 Å². The van der Waals surface area contributed by atoms with Crippen molar-refractivity contribution in [2.24, 2.45) is 0 Å². The van der Waals surface area contributed by atoms with E-state index < -0.39 is 0 Å². The van der Waals surface area contributed by atoms with Crippen LogP contribution in [-0.4, -0.2) is 21.8 Å². The third-order valence-corrected chi connectivity index (χ3v) is 4.58. The Kier molecular flexibility index (Phi) is 4.41. The smallest absolute Gasteiger partial charge is 0.151 e. The van der Waals surface area contributed by atoms with Gasteiger partial charge in [-0.25, -0.2) is 0 Å². The lowest BCUT2D eigenvalue weighted by Crippen LogP contribution is -2.22. The fourth-order valence-electron chi connectivity index (χ4n) is 1.80. The molecule has 1 saturated heterocycles. The summed E-state index contributed by atoms with van der Waals surface area (Å²) in [6, 6.07) is 3.85. The van der Waals surface area contributed by atoms with E-state index in [0.29, 0.717) is 12.2 Å². The monoisotopic (exact) mass is 299 g/mol. The molecule has 86 valence electrons. The van der Waals surface area contributed by atoms with Crippen LogP contribution in [0, 0.1) is 0 Å². The summed E-state index contributed by atoms with van der Waals surface area (Å²) in [5.74, 6) is 1.46. The molecule has 1 unspecified atom stereocenters. The lowest BCUT2D eigenvalue weighted by molar-refractivity contribution is -0.118. The maximum atomic E-state index is 12.0. The van der Waals surface area contributed by atoms with Gasteiger partial charge in [-0.2, -0.15) is 11.8 Å². The zero-order chi connectivity index (χ0) is 11.4. The van der Waals surface area contributed by atoms with E-state index in [9.17, 15) is 4.79 Å². The summed E-state index contributed by atoms with van der Waals surface area (Å²) < 4.78 is 0.954. The molecule has 0 N–H and O–H groups in total. The Labute approximate surface area is 108 Å². The van der Waals surface area contributed by atoms with Crippen molar-refractivity contribution in [1.29, 1.82) is 0 Å². The van der Waals surface area contributed by atoms with E-state index in [1.807, 2.05) is 23.9 Å².